The third-order valence-corrected chi connectivity index (χ3v) is 3.75. The molecule has 5 heteroatoms. The van der Waals surface area contributed by atoms with Crippen molar-refractivity contribution in [1.82, 2.24) is 0 Å². The fourth-order valence-corrected chi connectivity index (χ4v) is 2.53. The number of nitrogens with two attached hydrogens (primary N) is 1. The zero-order chi connectivity index (χ0) is 14.3. The quantitative estimate of drug-likeness (QED) is 0.457. The van der Waals surface area contributed by atoms with Crippen LogP contribution >= 0.6 is 11.8 Å². The van der Waals surface area contributed by atoms with E-state index in [1.165, 1.54) is 7.11 Å². The molecule has 1 unspecified atom stereocenters. The van der Waals surface area contributed by atoms with Crippen molar-refractivity contribution in [3.63, 3.8) is 0 Å². The molecule has 0 spiro atoms. The third-order valence-electron chi connectivity index (χ3n) is 2.81. The average molecular weight is 282 g/mol. The maximum absolute atomic E-state index is 11.5. The monoisotopic (exact) mass is 282 g/mol. The lowest BCUT2D eigenvalue weighted by Crippen LogP contribution is -2.18. The Morgan fingerprint density at radius 3 is 2.89 bits per heavy atom. The Morgan fingerprint density at radius 1 is 1.53 bits per heavy atom. The lowest BCUT2D eigenvalue weighted by Gasteiger charge is -2.17. The van der Waals surface area contributed by atoms with E-state index in [4.69, 9.17) is 10.5 Å². The number of rotatable bonds is 7. The van der Waals surface area contributed by atoms with Crippen LogP contribution in [-0.2, 0) is 4.74 Å². The summed E-state index contributed by atoms with van der Waals surface area (Å²) in [6, 6.07) is 5.67. The highest BCUT2D eigenvalue weighted by Crippen LogP contribution is 2.24. The number of benzene rings is 1. The number of ether oxygens (including phenoxy) is 1. The minimum absolute atomic E-state index is 0.314. The molecule has 0 amide bonds. The molecule has 106 valence electrons. The lowest BCUT2D eigenvalue weighted by atomic mass is 10.1. The zero-order valence-electron chi connectivity index (χ0n) is 11.7. The van der Waals surface area contributed by atoms with Gasteiger partial charge in [0.25, 0.3) is 0 Å². The topological polar surface area (TPSA) is 64.3 Å². The van der Waals surface area contributed by atoms with Gasteiger partial charge in [0.15, 0.2) is 0 Å². The number of nitrogen functional groups attached to an aromatic ring is 1. The number of thioether (sulfide) groups is 1. The SMILES string of the molecule is CCSCCC(C)Nc1cccc(C(=O)OC)c1N. The number of carbonyl (C=O) groups is 1. The van der Waals surface area contributed by atoms with E-state index >= 15 is 0 Å². The van der Waals surface area contributed by atoms with Gasteiger partial charge in [-0.3, -0.25) is 0 Å². The van der Waals surface area contributed by atoms with Gasteiger partial charge in [0.05, 0.1) is 24.0 Å². The highest BCUT2D eigenvalue weighted by molar-refractivity contribution is 7.99. The maximum Gasteiger partial charge on any atom is 0.340 e. The van der Waals surface area contributed by atoms with E-state index < -0.39 is 5.97 Å². The molecule has 0 aliphatic heterocycles. The van der Waals surface area contributed by atoms with Crippen molar-refractivity contribution >= 4 is 29.1 Å². The summed E-state index contributed by atoms with van der Waals surface area (Å²) in [6.45, 7) is 4.26. The summed E-state index contributed by atoms with van der Waals surface area (Å²) in [7, 11) is 1.35. The third kappa shape index (κ3) is 4.67. The fraction of sp³-hybridized carbons (Fsp3) is 0.500. The van der Waals surface area contributed by atoms with Crippen molar-refractivity contribution in [3.8, 4) is 0 Å². The van der Waals surface area contributed by atoms with Crippen molar-refractivity contribution in [3.05, 3.63) is 23.8 Å². The molecule has 0 saturated heterocycles. The smallest absolute Gasteiger partial charge is 0.340 e. The first-order chi connectivity index (χ1) is 9.10. The summed E-state index contributed by atoms with van der Waals surface area (Å²) in [5.41, 5.74) is 7.64. The van der Waals surface area contributed by atoms with Crippen LogP contribution in [0.5, 0.6) is 0 Å². The molecular weight excluding hydrogens is 260 g/mol. The molecule has 0 heterocycles. The highest BCUT2D eigenvalue weighted by Gasteiger charge is 2.13. The van der Waals surface area contributed by atoms with Gasteiger partial charge in [-0.05, 0) is 37.0 Å². The van der Waals surface area contributed by atoms with Gasteiger partial charge in [-0.25, -0.2) is 4.79 Å². The second-order valence-electron chi connectivity index (χ2n) is 4.29. The van der Waals surface area contributed by atoms with Crippen LogP contribution in [0, 0.1) is 0 Å². The van der Waals surface area contributed by atoms with Gasteiger partial charge in [0.2, 0.25) is 0 Å². The molecule has 1 aromatic carbocycles. The molecule has 1 atom stereocenters. The molecule has 0 saturated carbocycles. The maximum atomic E-state index is 11.5. The van der Waals surface area contributed by atoms with Gasteiger partial charge in [0.1, 0.15) is 0 Å². The molecule has 0 bridgehead atoms. The Bertz CT molecular complexity index is 424. The summed E-state index contributed by atoms with van der Waals surface area (Å²) in [5.74, 6) is 1.84. The number of esters is 1. The number of hydrogen-bond acceptors (Lipinski definition) is 5. The largest absolute Gasteiger partial charge is 0.465 e. The van der Waals surface area contributed by atoms with Gasteiger partial charge in [-0.15, -0.1) is 0 Å². The van der Waals surface area contributed by atoms with Crippen LogP contribution in [0.1, 0.15) is 30.6 Å². The Kier molecular flexibility index (Phi) is 6.56. The van der Waals surface area contributed by atoms with E-state index in [1.807, 2.05) is 17.8 Å². The molecule has 3 N–H and O–H groups in total. The van der Waals surface area contributed by atoms with Crippen molar-refractivity contribution in [1.29, 1.82) is 0 Å². The number of para-hydroxylation sites is 1. The van der Waals surface area contributed by atoms with Gasteiger partial charge >= 0.3 is 5.97 Å². The molecule has 0 radical (unpaired) electrons. The van der Waals surface area contributed by atoms with Gasteiger partial charge in [-0.2, -0.15) is 11.8 Å². The molecule has 4 nitrogen and oxygen atoms in total. The summed E-state index contributed by atoms with van der Waals surface area (Å²) in [5, 5.41) is 3.34. The van der Waals surface area contributed by atoms with Crippen LogP contribution < -0.4 is 11.1 Å². The second kappa shape index (κ2) is 7.94. The number of carbonyl (C=O) groups excluding carboxylic acids is 1. The van der Waals surface area contributed by atoms with Crippen molar-refractivity contribution in [2.45, 2.75) is 26.3 Å². The van der Waals surface area contributed by atoms with E-state index in [9.17, 15) is 4.79 Å². The average Bonchev–Trinajstić information content (AvgIpc) is 2.40. The van der Waals surface area contributed by atoms with E-state index in [2.05, 4.69) is 19.2 Å². The molecular formula is C14H22N2O2S. The first-order valence-electron chi connectivity index (χ1n) is 6.41. The van der Waals surface area contributed by atoms with Gasteiger partial charge in [-0.1, -0.05) is 13.0 Å². The van der Waals surface area contributed by atoms with Crippen molar-refractivity contribution in [2.24, 2.45) is 0 Å². The van der Waals surface area contributed by atoms with Crippen LogP contribution in [0.25, 0.3) is 0 Å². The molecule has 0 aliphatic rings. The van der Waals surface area contributed by atoms with Gasteiger partial charge in [0, 0.05) is 6.04 Å². The summed E-state index contributed by atoms with van der Waals surface area (Å²) >= 11 is 1.92. The van der Waals surface area contributed by atoms with Crippen LogP contribution in [0.4, 0.5) is 11.4 Å². The Hall–Kier alpha value is -1.36. The highest BCUT2D eigenvalue weighted by atomic mass is 32.2. The molecule has 0 aliphatic carbocycles. The van der Waals surface area contributed by atoms with E-state index in [1.54, 1.807) is 12.1 Å². The summed E-state index contributed by atoms with van der Waals surface area (Å²) < 4.78 is 4.71. The second-order valence-corrected chi connectivity index (χ2v) is 5.68. The van der Waals surface area contributed by atoms with Gasteiger partial charge < -0.3 is 15.8 Å². The van der Waals surface area contributed by atoms with Crippen molar-refractivity contribution < 1.29 is 9.53 Å². The molecule has 0 fully saturated rings. The predicted molar refractivity (Wildman–Crippen MR) is 82.9 cm³/mol. The van der Waals surface area contributed by atoms with E-state index in [0.717, 1.165) is 23.6 Å². The predicted octanol–water partition coefficient (Wildman–Crippen LogP) is 3.00. The first-order valence-corrected chi connectivity index (χ1v) is 7.56. The van der Waals surface area contributed by atoms with Crippen molar-refractivity contribution in [2.75, 3.05) is 29.7 Å². The van der Waals surface area contributed by atoms with Crippen LogP contribution in [0.15, 0.2) is 18.2 Å². The Labute approximate surface area is 119 Å². The Balaban J connectivity index is 2.70. The first kappa shape index (κ1) is 15.7. The number of methoxy groups -OCH3 is 1. The Morgan fingerprint density at radius 2 is 2.26 bits per heavy atom. The fourth-order valence-electron chi connectivity index (χ4n) is 1.72. The minimum Gasteiger partial charge on any atom is -0.465 e. The summed E-state index contributed by atoms with van der Waals surface area (Å²) in [6.07, 6.45) is 1.06. The summed E-state index contributed by atoms with van der Waals surface area (Å²) in [4.78, 5) is 11.5. The molecule has 1 rings (SSSR count). The number of nitrogens with one attached hydrogen (secondary N) is 1. The molecule has 1 aromatic rings. The zero-order valence-corrected chi connectivity index (χ0v) is 12.5. The standard InChI is InChI=1S/C14H22N2O2S/c1-4-19-9-8-10(2)16-12-7-5-6-11(13(12)15)14(17)18-3/h5-7,10,16H,4,8-9,15H2,1-3H3. The van der Waals surface area contributed by atoms with E-state index in [0.29, 0.717) is 17.3 Å². The molecule has 0 aromatic heterocycles. The number of anilines is 2. The normalized spacial score (nSPS) is 11.9. The van der Waals surface area contributed by atoms with Crippen LogP contribution in [-0.4, -0.2) is 30.6 Å². The lowest BCUT2D eigenvalue weighted by molar-refractivity contribution is 0.0602. The minimum atomic E-state index is -0.407. The van der Waals surface area contributed by atoms with E-state index in [-0.39, 0.29) is 0 Å². The van der Waals surface area contributed by atoms with Crippen LogP contribution in [0.2, 0.25) is 0 Å². The number of hydrogen-bond donors (Lipinski definition) is 2. The molecule has 19 heavy (non-hydrogen) atoms. The van der Waals surface area contributed by atoms with Crippen LogP contribution in [0.3, 0.4) is 0 Å².